The highest BCUT2D eigenvalue weighted by molar-refractivity contribution is 7.61. The Balaban J connectivity index is 0.698. The van der Waals surface area contributed by atoms with Gasteiger partial charge in [0, 0.05) is 18.5 Å². The molecule has 1 aromatic carbocycles. The van der Waals surface area contributed by atoms with E-state index in [2.05, 4.69) is 45.0 Å². The van der Waals surface area contributed by atoms with Gasteiger partial charge < -0.3 is 98.5 Å². The first-order valence-electron chi connectivity index (χ1n) is 25.2. The Labute approximate surface area is 461 Å². The molecule has 2 saturated heterocycles. The zero-order valence-electron chi connectivity index (χ0n) is 43.8. The third kappa shape index (κ3) is 21.7. The van der Waals surface area contributed by atoms with Crippen molar-refractivity contribution in [1.82, 2.24) is 45.2 Å². The number of aromatic nitrogens is 8. The molecule has 2 fully saturated rings. The van der Waals surface area contributed by atoms with E-state index in [0.717, 1.165) is 16.5 Å². The lowest BCUT2D eigenvalue weighted by Crippen LogP contribution is -2.60. The number of amides is 1. The van der Waals surface area contributed by atoms with Crippen LogP contribution in [0.15, 0.2) is 35.4 Å². The highest BCUT2D eigenvalue weighted by Gasteiger charge is 2.50. The molecule has 6 rings (SSSR count). The van der Waals surface area contributed by atoms with Gasteiger partial charge in [-0.3, -0.25) is 28.2 Å². The Kier molecular flexibility index (Phi) is 27.1. The Morgan fingerprint density at radius 3 is 1.75 bits per heavy atom. The molecule has 6 unspecified atom stereocenters. The van der Waals surface area contributed by atoms with Crippen molar-refractivity contribution in [2.45, 2.75) is 68.6 Å². The van der Waals surface area contributed by atoms with Crippen LogP contribution in [0.1, 0.15) is 18.5 Å². The summed E-state index contributed by atoms with van der Waals surface area (Å²) in [6.07, 6.45) is -15.7. The van der Waals surface area contributed by atoms with Crippen LogP contribution in [-0.4, -0.2) is 256 Å². The molecule has 3 aromatic heterocycles. The summed E-state index contributed by atoms with van der Waals surface area (Å²) in [5.74, 6) is 0.749. The van der Waals surface area contributed by atoms with Crippen LogP contribution in [-0.2, 0) is 74.7 Å². The quantitative estimate of drug-likeness (QED) is 0.0154. The van der Waals surface area contributed by atoms with Gasteiger partial charge in [-0.1, -0.05) is 0 Å². The number of rotatable bonds is 39. The van der Waals surface area contributed by atoms with E-state index in [1.165, 1.54) is 0 Å². The van der Waals surface area contributed by atoms with Gasteiger partial charge in [0.05, 0.1) is 119 Å². The third-order valence-corrected chi connectivity index (χ3v) is 13.9. The number of H-pyrrole nitrogens is 1. The van der Waals surface area contributed by atoms with E-state index >= 15 is 0 Å². The summed E-state index contributed by atoms with van der Waals surface area (Å²) in [5, 5.41) is 70.6. The molecule has 0 bridgehead atoms. The van der Waals surface area contributed by atoms with Gasteiger partial charge in [-0.25, -0.2) is 14.1 Å². The largest absolute Gasteiger partial charge is 0.491 e. The minimum atomic E-state index is -5.74. The van der Waals surface area contributed by atoms with E-state index in [1.54, 1.807) is 6.92 Å². The molecule has 2 aliphatic heterocycles. The van der Waals surface area contributed by atoms with Crippen LogP contribution in [0.25, 0.3) is 22.6 Å². The average Bonchev–Trinajstić information content (AvgIpc) is 4.08. The summed E-state index contributed by atoms with van der Waals surface area (Å²) in [4.78, 5) is 55.1. The number of nitrogens with two attached hydrogens (primary N) is 1. The van der Waals surface area contributed by atoms with Gasteiger partial charge in [0.2, 0.25) is 17.7 Å². The number of anilines is 1. The molecule has 0 saturated carbocycles. The number of carbonyl (C=O) groups is 1. The Bertz CT molecular complexity index is 2650. The number of fused-ring (bicyclic) bond motifs is 1. The maximum atomic E-state index is 12.8. The van der Waals surface area contributed by atoms with Gasteiger partial charge >= 0.3 is 15.6 Å². The summed E-state index contributed by atoms with van der Waals surface area (Å²) >= 11 is 0. The summed E-state index contributed by atoms with van der Waals surface area (Å²) in [6, 6.07) is 7.31. The maximum Gasteiger partial charge on any atom is 0.483 e. The summed E-state index contributed by atoms with van der Waals surface area (Å²) < 4.78 is 101. The maximum absolute atomic E-state index is 12.8. The minimum Gasteiger partial charge on any atom is -0.491 e. The van der Waals surface area contributed by atoms with Crippen molar-refractivity contribution >= 4 is 38.7 Å². The molecule has 11 N–H and O–H groups in total. The number of phosphoric acid groups is 2. The number of benzene rings is 1. The zero-order chi connectivity index (χ0) is 58.2. The molecular weight excluding hydrogens is 1130 g/mol. The van der Waals surface area contributed by atoms with Gasteiger partial charge in [0.25, 0.3) is 5.56 Å². The van der Waals surface area contributed by atoms with Crippen molar-refractivity contribution in [2.75, 3.05) is 131 Å². The fraction of sp³-hybridized carbons (Fsp3) is 0.682. The second-order valence-electron chi connectivity index (χ2n) is 17.4. The number of phosphoric ester groups is 2. The van der Waals surface area contributed by atoms with E-state index in [-0.39, 0.29) is 50.0 Å². The fourth-order valence-corrected chi connectivity index (χ4v) is 9.45. The number of nitrogens with zero attached hydrogens (tertiary/aromatic N) is 7. The lowest BCUT2D eigenvalue weighted by atomic mass is 9.99. The number of aliphatic hydroxyl groups excluding tert-OH is 5. The molecule has 11 atom stereocenters. The summed E-state index contributed by atoms with van der Waals surface area (Å²) in [5.41, 5.74) is 5.34. The van der Waals surface area contributed by atoms with E-state index in [9.17, 15) is 54.0 Å². The summed E-state index contributed by atoms with van der Waals surface area (Å²) in [6.45, 7) is 5.87. The molecule has 0 radical (unpaired) electrons. The van der Waals surface area contributed by atoms with Gasteiger partial charge in [0.1, 0.15) is 55.1 Å². The number of nitrogen functional groups attached to an aromatic ring is 1. The monoisotopic (exact) mass is 1200 g/mol. The molecule has 0 aliphatic carbocycles. The molecule has 454 valence electrons. The molecule has 0 spiro atoms. The van der Waals surface area contributed by atoms with Gasteiger partial charge in [-0.05, 0) is 31.2 Å². The molecule has 1 amide bonds. The number of aryl methyl sites for hydroxylation is 1. The van der Waals surface area contributed by atoms with Crippen molar-refractivity contribution < 1.29 is 115 Å². The van der Waals surface area contributed by atoms with E-state index < -0.39 is 95.5 Å². The van der Waals surface area contributed by atoms with Crippen molar-refractivity contribution in [1.29, 1.82) is 0 Å². The molecule has 5 heterocycles. The molecular formula is C44H68N10O25P2. The number of aliphatic hydroxyl groups is 5. The minimum absolute atomic E-state index is 0.0356. The topological polar surface area (TPSA) is 475 Å². The number of hydrogen-bond donors (Lipinski definition) is 10. The lowest BCUT2D eigenvalue weighted by Gasteiger charge is -2.40. The summed E-state index contributed by atoms with van der Waals surface area (Å²) in [7, 11) is -11.3. The molecule has 37 heteroatoms. The molecule has 35 nitrogen and oxygen atoms in total. The Hall–Kier alpha value is -4.76. The number of hydrogen-bond acceptors (Lipinski definition) is 30. The first-order chi connectivity index (χ1) is 38.9. The van der Waals surface area contributed by atoms with Crippen LogP contribution in [0.4, 0.5) is 5.95 Å². The predicted octanol–water partition coefficient (Wildman–Crippen LogP) is -3.35. The highest BCUT2D eigenvalue weighted by atomic mass is 31.3. The third-order valence-electron chi connectivity index (χ3n) is 11.3. The van der Waals surface area contributed by atoms with Crippen LogP contribution >= 0.6 is 15.6 Å². The van der Waals surface area contributed by atoms with Crippen LogP contribution in [0.2, 0.25) is 0 Å². The van der Waals surface area contributed by atoms with Crippen molar-refractivity contribution in [3.8, 4) is 17.1 Å². The van der Waals surface area contributed by atoms with Crippen molar-refractivity contribution in [3.63, 3.8) is 0 Å². The normalized spacial score (nSPS) is 23.6. The van der Waals surface area contributed by atoms with Crippen LogP contribution in [0.3, 0.4) is 0 Å². The second-order valence-corrected chi connectivity index (χ2v) is 20.3. The number of carbonyl (C=O) groups excluding carboxylic acids is 1. The van der Waals surface area contributed by atoms with Crippen molar-refractivity contribution in [2.24, 2.45) is 0 Å². The SMILES string of the molecule is Cc1nnc(-c2ccc(OCCOCCOCCOCCOCCOCCOCCOCCOCCC(=O)NCC3O[C@H](OP(=O)(O)OP(=O)(O)OC[C@H]4O[C@@H](n5cnc6c(=O)[nH]c(N)nc65)[C@@H](O)C4O)C(O)C(O)[C@@H]3O)cc2)nn1. The van der Waals surface area contributed by atoms with Crippen LogP contribution in [0, 0.1) is 6.92 Å². The van der Waals surface area contributed by atoms with Crippen LogP contribution < -0.4 is 21.3 Å². The van der Waals surface area contributed by atoms with E-state index in [1.807, 2.05) is 24.3 Å². The zero-order valence-corrected chi connectivity index (χ0v) is 45.6. The predicted molar refractivity (Wildman–Crippen MR) is 270 cm³/mol. The number of nitrogens with one attached hydrogen (secondary N) is 2. The molecule has 81 heavy (non-hydrogen) atoms. The molecule has 2 aliphatic rings. The smallest absolute Gasteiger partial charge is 0.483 e. The standard InChI is InChI=1S/C44H68N10O25P2/c1-27-50-52-39(53-51-27)28-2-4-29(5-3-28)74-23-22-73-21-20-72-19-18-71-17-16-70-15-14-69-13-12-68-11-10-67-9-8-66-7-6-32(55)46-24-30-34(56)36(58)38(60)43(77-30)78-81(64,65)79-80(62,63)75-25-31-35(57)37(59)42(76-31)54-26-47-33-40(54)48-44(45)49-41(33)61/h2-5,26,30-31,34-38,42-43,56-60H,6-25H2,1H3,(H,46,55)(H,62,63)(H,64,65)(H3,45,48,49,61)/t30?,31-,34-,35?,36?,37+,38?,42-,43-/m1/s1. The molecule has 4 aromatic rings. The fourth-order valence-electron chi connectivity index (χ4n) is 7.29. The first kappa shape index (κ1) is 65.4. The number of ether oxygens (including phenoxy) is 11. The highest BCUT2D eigenvalue weighted by Crippen LogP contribution is 2.61. The van der Waals surface area contributed by atoms with Gasteiger partial charge in [-0.2, -0.15) is 9.29 Å². The Morgan fingerprint density at radius 1 is 0.679 bits per heavy atom. The Morgan fingerprint density at radius 2 is 1.20 bits per heavy atom. The number of aromatic amines is 1. The van der Waals surface area contributed by atoms with Crippen molar-refractivity contribution in [3.05, 3.63) is 46.8 Å². The van der Waals surface area contributed by atoms with Gasteiger partial charge in [0.15, 0.2) is 29.5 Å². The van der Waals surface area contributed by atoms with Gasteiger partial charge in [-0.15, -0.1) is 20.4 Å². The lowest BCUT2D eigenvalue weighted by molar-refractivity contribution is -0.273. The van der Waals surface area contributed by atoms with Crippen LogP contribution in [0.5, 0.6) is 5.75 Å². The second kappa shape index (κ2) is 33.5. The number of imidazole rings is 1. The first-order valence-corrected chi connectivity index (χ1v) is 28.2. The van der Waals surface area contributed by atoms with E-state index in [0.29, 0.717) is 103 Å². The van der Waals surface area contributed by atoms with E-state index in [4.69, 9.17) is 66.9 Å². The average molecular weight is 1200 g/mol.